The highest BCUT2D eigenvalue weighted by Crippen LogP contribution is 2.27. The van der Waals surface area contributed by atoms with Crippen molar-refractivity contribution in [2.75, 3.05) is 6.61 Å². The summed E-state index contributed by atoms with van der Waals surface area (Å²) in [6, 6.07) is 26.1. The maximum Gasteiger partial charge on any atom is 0.339 e. The predicted molar refractivity (Wildman–Crippen MR) is 224 cm³/mol. The van der Waals surface area contributed by atoms with Gasteiger partial charge in [0.05, 0.1) is 35.2 Å². The van der Waals surface area contributed by atoms with Crippen molar-refractivity contribution < 1.29 is 38.5 Å². The lowest BCUT2D eigenvalue weighted by Crippen LogP contribution is -2.37. The Morgan fingerprint density at radius 1 is 0.705 bits per heavy atom. The number of nitrogens with one attached hydrogen (secondary N) is 3. The summed E-state index contributed by atoms with van der Waals surface area (Å²) in [4.78, 5) is 48.6. The SMILES string of the molecule is CC(C#N)[n+]1cc[nH]c1-c1ccccc1.CC(C#N)[n+]1cc[nH]c1-c1ccccc1.CCCCCCCCCCCOC(=O)c1c(C(=O)[O-])cc(C(=O)[O-])cc1-c1ncc[nH]1. The van der Waals surface area contributed by atoms with E-state index in [-0.39, 0.29) is 35.6 Å². The number of imidazole rings is 3. The number of carbonyl (C=O) groups is 3. The van der Waals surface area contributed by atoms with E-state index in [0.29, 0.717) is 6.42 Å². The molecule has 14 heteroatoms. The molecule has 0 spiro atoms. The number of carboxylic acids is 2. The first-order valence-electron chi connectivity index (χ1n) is 20.5. The Kier molecular flexibility index (Phi) is 18.7. The van der Waals surface area contributed by atoms with Crippen LogP contribution in [-0.2, 0) is 4.74 Å². The number of H-pyrrole nitrogens is 3. The van der Waals surface area contributed by atoms with Gasteiger partial charge in [0.15, 0.2) is 12.1 Å². The minimum absolute atomic E-state index is 0.00276. The Labute approximate surface area is 356 Å². The molecule has 0 saturated carbocycles. The summed E-state index contributed by atoms with van der Waals surface area (Å²) in [5.41, 5.74) is 0.902. The predicted octanol–water partition coefficient (Wildman–Crippen LogP) is 6.60. The van der Waals surface area contributed by atoms with E-state index in [0.717, 1.165) is 54.2 Å². The van der Waals surface area contributed by atoms with Gasteiger partial charge in [-0.3, -0.25) is 0 Å². The number of rotatable bonds is 18. The molecule has 3 aromatic heterocycles. The van der Waals surface area contributed by atoms with Crippen LogP contribution in [0.5, 0.6) is 0 Å². The van der Waals surface area contributed by atoms with Crippen LogP contribution in [0.25, 0.3) is 34.2 Å². The van der Waals surface area contributed by atoms with Crippen LogP contribution < -0.4 is 19.3 Å². The summed E-state index contributed by atoms with van der Waals surface area (Å²) in [6.07, 6.45) is 20.3. The van der Waals surface area contributed by atoms with E-state index in [9.17, 15) is 24.6 Å². The van der Waals surface area contributed by atoms with E-state index < -0.39 is 29.0 Å². The van der Waals surface area contributed by atoms with Crippen LogP contribution in [0.2, 0.25) is 0 Å². The number of nitrogens with zero attached hydrogens (tertiary/aromatic N) is 5. The van der Waals surface area contributed by atoms with E-state index in [2.05, 4.69) is 39.0 Å². The molecule has 0 aliphatic carbocycles. The number of benzene rings is 3. The van der Waals surface area contributed by atoms with Crippen molar-refractivity contribution in [3.63, 3.8) is 0 Å². The summed E-state index contributed by atoms with van der Waals surface area (Å²) in [5, 5.41) is 40.7. The number of esters is 1. The van der Waals surface area contributed by atoms with Gasteiger partial charge in [-0.2, -0.15) is 10.5 Å². The number of aromatic carboxylic acids is 2. The van der Waals surface area contributed by atoms with Gasteiger partial charge in [0.1, 0.15) is 42.8 Å². The molecule has 2 atom stereocenters. The fourth-order valence-corrected chi connectivity index (χ4v) is 6.51. The molecule has 2 unspecified atom stereocenters. The van der Waals surface area contributed by atoms with E-state index >= 15 is 0 Å². The molecule has 316 valence electrons. The summed E-state index contributed by atoms with van der Waals surface area (Å²) in [6.45, 7) is 6.08. The molecule has 0 bridgehead atoms. The second kappa shape index (κ2) is 24.6. The molecule has 14 nitrogen and oxygen atoms in total. The van der Waals surface area contributed by atoms with Gasteiger partial charge >= 0.3 is 5.97 Å². The molecular weight excluding hydrogens is 773 g/mol. The largest absolute Gasteiger partial charge is 0.545 e. The average molecular weight is 825 g/mol. The van der Waals surface area contributed by atoms with Gasteiger partial charge < -0.3 is 29.5 Å². The van der Waals surface area contributed by atoms with Gasteiger partial charge in [-0.1, -0.05) is 94.7 Å². The van der Waals surface area contributed by atoms with Crippen LogP contribution in [0.1, 0.15) is 122 Å². The molecule has 0 aliphatic heterocycles. The fraction of sp³-hybridized carbons (Fsp3) is 0.319. The second-order valence-corrected chi connectivity index (χ2v) is 14.2. The molecule has 0 fully saturated rings. The average Bonchev–Trinajstić information content (AvgIpc) is 4.11. The molecule has 0 aliphatic rings. The van der Waals surface area contributed by atoms with E-state index in [1.165, 1.54) is 44.5 Å². The molecule has 0 saturated heterocycles. The maximum absolute atomic E-state index is 12.7. The van der Waals surface area contributed by atoms with Crippen molar-refractivity contribution in [1.29, 1.82) is 10.5 Å². The monoisotopic (exact) mass is 824 g/mol. The molecular formula is C47H52N8O6. The van der Waals surface area contributed by atoms with Crippen LogP contribution in [0, 0.1) is 22.7 Å². The number of hydrogen-bond acceptors (Lipinski definition) is 9. The van der Waals surface area contributed by atoms with Crippen LogP contribution in [-0.4, -0.2) is 44.5 Å². The van der Waals surface area contributed by atoms with E-state index in [1.54, 1.807) is 0 Å². The first-order valence-corrected chi connectivity index (χ1v) is 20.5. The van der Waals surface area contributed by atoms with Crippen molar-refractivity contribution in [1.82, 2.24) is 19.9 Å². The Morgan fingerprint density at radius 3 is 1.66 bits per heavy atom. The fourth-order valence-electron chi connectivity index (χ4n) is 6.51. The van der Waals surface area contributed by atoms with Crippen LogP contribution in [0.15, 0.2) is 110 Å². The lowest BCUT2D eigenvalue weighted by atomic mass is 9.96. The minimum Gasteiger partial charge on any atom is -0.545 e. The minimum atomic E-state index is -1.69. The van der Waals surface area contributed by atoms with E-state index in [4.69, 9.17) is 15.3 Å². The molecule has 6 aromatic rings. The normalized spacial score (nSPS) is 11.4. The molecule has 3 N–H and O–H groups in total. The highest BCUT2D eigenvalue weighted by atomic mass is 16.5. The summed E-state index contributed by atoms with van der Waals surface area (Å²) < 4.78 is 9.13. The molecule has 0 radical (unpaired) electrons. The van der Waals surface area contributed by atoms with Crippen LogP contribution in [0.4, 0.5) is 0 Å². The first kappa shape index (κ1) is 46.4. The summed E-state index contributed by atoms with van der Waals surface area (Å²) in [7, 11) is 0. The van der Waals surface area contributed by atoms with Crippen molar-refractivity contribution in [2.24, 2.45) is 0 Å². The van der Waals surface area contributed by atoms with Crippen molar-refractivity contribution >= 4 is 17.9 Å². The Morgan fingerprint density at radius 2 is 1.21 bits per heavy atom. The maximum atomic E-state index is 12.7. The lowest BCUT2D eigenvalue weighted by Gasteiger charge is -2.16. The van der Waals surface area contributed by atoms with Gasteiger partial charge in [-0.25, -0.2) is 28.9 Å². The Balaban J connectivity index is 0.000000226. The molecule has 3 aromatic carbocycles. The third-order valence-electron chi connectivity index (χ3n) is 9.76. The number of ether oxygens (including phenoxy) is 1. The molecule has 3 heterocycles. The first-order chi connectivity index (χ1) is 29.6. The van der Waals surface area contributed by atoms with Crippen molar-refractivity contribution in [2.45, 2.75) is 90.6 Å². The second-order valence-electron chi connectivity index (χ2n) is 14.2. The Bertz CT molecular complexity index is 2270. The summed E-state index contributed by atoms with van der Waals surface area (Å²) in [5.74, 6) is -2.07. The van der Waals surface area contributed by atoms with Gasteiger partial charge in [0, 0.05) is 23.5 Å². The van der Waals surface area contributed by atoms with Gasteiger partial charge in [-0.05, 0) is 62.2 Å². The zero-order chi connectivity index (χ0) is 44.0. The summed E-state index contributed by atoms with van der Waals surface area (Å²) >= 11 is 0. The van der Waals surface area contributed by atoms with Gasteiger partial charge in [0.25, 0.3) is 11.6 Å². The van der Waals surface area contributed by atoms with Crippen LogP contribution >= 0.6 is 0 Å². The highest BCUT2D eigenvalue weighted by molar-refractivity contribution is 6.08. The zero-order valence-electron chi connectivity index (χ0n) is 34.8. The van der Waals surface area contributed by atoms with Gasteiger partial charge in [0.2, 0.25) is 0 Å². The number of unbranched alkanes of at least 4 members (excludes halogenated alkanes) is 8. The number of carboxylic acid groups (broad SMARTS) is 2. The molecule has 0 amide bonds. The number of aromatic amines is 3. The Hall–Kier alpha value is -7.32. The third kappa shape index (κ3) is 13.6. The standard InChI is InChI=1S/C23H30N2O6.2C12H11N3/c1-2-3-4-5-6-7-8-9-10-13-31-23(30)19-17(20-24-11-12-25-20)14-16(21(26)27)15-18(19)22(28)29;2*1-10(9-13)15-8-7-14-12(15)11-5-3-2-4-6-11/h11-12,14-15H,2-10,13H2,1H3,(H,24,25)(H,26,27)(H,28,29);2*2-8,10H,1H3. The number of carbonyl (C=O) groups excluding carboxylic acids is 3. The smallest absolute Gasteiger partial charge is 0.339 e. The third-order valence-corrected chi connectivity index (χ3v) is 9.76. The van der Waals surface area contributed by atoms with E-state index in [1.807, 2.05) is 108 Å². The van der Waals surface area contributed by atoms with Crippen LogP contribution in [0.3, 0.4) is 0 Å². The zero-order valence-corrected chi connectivity index (χ0v) is 34.8. The lowest BCUT2D eigenvalue weighted by molar-refractivity contribution is -0.695. The highest BCUT2D eigenvalue weighted by Gasteiger charge is 2.23. The quantitative estimate of drug-likeness (QED) is 0.0482. The number of hydrogen-bond donors (Lipinski definition) is 3. The molecule has 6 rings (SSSR count). The number of nitriles is 2. The topological polar surface area (TPSA) is 222 Å². The number of aromatic nitrogens is 6. The van der Waals surface area contributed by atoms with Gasteiger partial charge in [-0.15, -0.1) is 0 Å². The van der Waals surface area contributed by atoms with Crippen molar-refractivity contribution in [3.05, 3.63) is 127 Å². The van der Waals surface area contributed by atoms with Crippen molar-refractivity contribution in [3.8, 4) is 46.3 Å². The molecule has 61 heavy (non-hydrogen) atoms.